The van der Waals surface area contributed by atoms with Gasteiger partial charge < -0.3 is 35.2 Å². The molecule has 4 rings (SSSR count). The van der Waals surface area contributed by atoms with Gasteiger partial charge in [0, 0.05) is 35.6 Å². The summed E-state index contributed by atoms with van der Waals surface area (Å²) >= 11 is 0. The number of aliphatic carboxylic acids is 3. The second-order valence-corrected chi connectivity index (χ2v) is 9.99. The molecule has 0 spiro atoms. The zero-order chi connectivity index (χ0) is 30.8. The van der Waals surface area contributed by atoms with E-state index in [9.17, 15) is 14.4 Å². The van der Waals surface area contributed by atoms with Crippen molar-refractivity contribution in [3.8, 4) is 22.9 Å². The van der Waals surface area contributed by atoms with Gasteiger partial charge in [0.1, 0.15) is 11.5 Å². The molecule has 1 aliphatic carbocycles. The SMILES string of the molecule is COc1ccc(-c2ncc(CNC3(c4ccc(OC)cc4)CCCC3)cn2)cc1.O=C(O)CC(O)(CC(=O)O)C(=O)O. The highest BCUT2D eigenvalue weighted by atomic mass is 16.5. The van der Waals surface area contributed by atoms with Crippen molar-refractivity contribution >= 4 is 17.9 Å². The van der Waals surface area contributed by atoms with Crippen LogP contribution in [-0.2, 0) is 26.5 Å². The molecule has 12 nitrogen and oxygen atoms in total. The average molecular weight is 582 g/mol. The summed E-state index contributed by atoms with van der Waals surface area (Å²) in [6, 6.07) is 16.3. The lowest BCUT2D eigenvalue weighted by Gasteiger charge is -2.31. The molecule has 1 aliphatic rings. The summed E-state index contributed by atoms with van der Waals surface area (Å²) in [6.07, 6.45) is 6.31. The predicted octanol–water partition coefficient (Wildman–Crippen LogP) is 3.47. The number of carbonyl (C=O) groups is 3. The Balaban J connectivity index is 0.000000316. The van der Waals surface area contributed by atoms with Crippen molar-refractivity contribution in [2.45, 2.75) is 56.2 Å². The van der Waals surface area contributed by atoms with Crippen molar-refractivity contribution in [2.24, 2.45) is 0 Å². The van der Waals surface area contributed by atoms with Crippen LogP contribution < -0.4 is 14.8 Å². The minimum atomic E-state index is -2.74. The first-order valence-electron chi connectivity index (χ1n) is 13.2. The Morgan fingerprint density at radius 3 is 1.74 bits per heavy atom. The molecule has 42 heavy (non-hydrogen) atoms. The Labute approximate surface area is 243 Å². The Morgan fingerprint density at radius 2 is 1.31 bits per heavy atom. The number of carboxylic acids is 3. The number of aliphatic hydroxyl groups is 1. The van der Waals surface area contributed by atoms with Crippen molar-refractivity contribution < 1.29 is 44.3 Å². The number of methoxy groups -OCH3 is 2. The van der Waals surface area contributed by atoms with Gasteiger partial charge in [0.05, 0.1) is 27.1 Å². The number of aromatic nitrogens is 2. The fourth-order valence-corrected chi connectivity index (χ4v) is 4.78. The van der Waals surface area contributed by atoms with Gasteiger partial charge in [-0.15, -0.1) is 0 Å². The zero-order valence-electron chi connectivity index (χ0n) is 23.4. The molecule has 0 atom stereocenters. The van der Waals surface area contributed by atoms with Crippen molar-refractivity contribution in [3.05, 3.63) is 72.1 Å². The summed E-state index contributed by atoms with van der Waals surface area (Å²) in [4.78, 5) is 39.6. The third kappa shape index (κ3) is 8.48. The molecule has 0 amide bonds. The van der Waals surface area contributed by atoms with E-state index in [0.29, 0.717) is 0 Å². The van der Waals surface area contributed by atoms with Crippen LogP contribution in [0, 0.1) is 0 Å². The molecule has 1 heterocycles. The number of nitrogens with one attached hydrogen (secondary N) is 1. The maximum atomic E-state index is 10.3. The van der Waals surface area contributed by atoms with Crippen LogP contribution in [0.2, 0.25) is 0 Å². The van der Waals surface area contributed by atoms with Crippen LogP contribution in [0.25, 0.3) is 11.4 Å². The molecular weight excluding hydrogens is 546 g/mol. The van der Waals surface area contributed by atoms with Gasteiger partial charge in [-0.3, -0.25) is 9.59 Å². The Kier molecular flexibility index (Phi) is 10.9. The predicted molar refractivity (Wildman–Crippen MR) is 151 cm³/mol. The van der Waals surface area contributed by atoms with Crippen molar-refractivity contribution in [1.82, 2.24) is 15.3 Å². The second kappa shape index (κ2) is 14.4. The first-order chi connectivity index (χ1) is 20.0. The van der Waals surface area contributed by atoms with Crippen LogP contribution in [-0.4, -0.2) is 68.1 Å². The summed E-state index contributed by atoms with van der Waals surface area (Å²) < 4.78 is 10.5. The van der Waals surface area contributed by atoms with Gasteiger partial charge in [-0.1, -0.05) is 25.0 Å². The summed E-state index contributed by atoms with van der Waals surface area (Å²) in [6.45, 7) is 0.745. The number of ether oxygens (including phenoxy) is 2. The van der Waals surface area contributed by atoms with Crippen LogP contribution in [0.5, 0.6) is 11.5 Å². The molecule has 0 unspecified atom stereocenters. The van der Waals surface area contributed by atoms with Crippen molar-refractivity contribution in [3.63, 3.8) is 0 Å². The van der Waals surface area contributed by atoms with Gasteiger partial charge in [-0.05, 0) is 54.8 Å². The second-order valence-electron chi connectivity index (χ2n) is 9.99. The van der Waals surface area contributed by atoms with Gasteiger partial charge in [0.2, 0.25) is 0 Å². The molecule has 1 fully saturated rings. The number of hydrogen-bond acceptors (Lipinski definition) is 9. The molecule has 2 aromatic carbocycles. The largest absolute Gasteiger partial charge is 0.497 e. The first-order valence-corrected chi connectivity index (χ1v) is 13.2. The minimum Gasteiger partial charge on any atom is -0.497 e. The summed E-state index contributed by atoms with van der Waals surface area (Å²) in [7, 11) is 3.37. The van der Waals surface area contributed by atoms with E-state index in [0.717, 1.165) is 47.8 Å². The quantitative estimate of drug-likeness (QED) is 0.210. The fraction of sp³-hybridized carbons (Fsp3) is 0.367. The number of nitrogens with zero attached hydrogens (tertiary/aromatic N) is 2. The summed E-state index contributed by atoms with van der Waals surface area (Å²) in [5.41, 5.74) is 0.669. The van der Waals surface area contributed by atoms with Gasteiger partial charge in [0.25, 0.3) is 0 Å². The molecule has 0 radical (unpaired) electrons. The standard InChI is InChI=1S/C24H27N3O2.C6H8O7/c1-28-21-9-5-19(6-10-21)23-25-15-18(16-26-23)17-27-24(13-3-4-14-24)20-7-11-22(29-2)12-8-20;7-3(8)1-6(13,5(11)12)2-4(9)10/h5-12,15-16,27H,3-4,13-14,17H2,1-2H3;13H,1-2H2,(H,7,8)(H,9,10)(H,11,12). The van der Waals surface area contributed by atoms with Crippen LogP contribution >= 0.6 is 0 Å². The van der Waals surface area contributed by atoms with Crippen molar-refractivity contribution in [1.29, 1.82) is 0 Å². The van der Waals surface area contributed by atoms with Gasteiger partial charge in [-0.25, -0.2) is 14.8 Å². The van der Waals surface area contributed by atoms with E-state index in [1.165, 1.54) is 18.4 Å². The van der Waals surface area contributed by atoms with E-state index in [1.807, 2.05) is 48.8 Å². The van der Waals surface area contributed by atoms with E-state index in [1.54, 1.807) is 14.2 Å². The van der Waals surface area contributed by atoms with E-state index >= 15 is 0 Å². The molecule has 1 saturated carbocycles. The van der Waals surface area contributed by atoms with Gasteiger partial charge >= 0.3 is 17.9 Å². The van der Waals surface area contributed by atoms with Crippen LogP contribution in [0.4, 0.5) is 0 Å². The highest BCUT2D eigenvalue weighted by Gasteiger charge is 2.40. The molecule has 0 saturated heterocycles. The number of hydrogen-bond donors (Lipinski definition) is 5. The van der Waals surface area contributed by atoms with E-state index in [4.69, 9.17) is 29.9 Å². The molecule has 224 valence electrons. The third-order valence-corrected chi connectivity index (χ3v) is 7.07. The Morgan fingerprint density at radius 1 is 0.833 bits per heavy atom. The van der Waals surface area contributed by atoms with Gasteiger partial charge in [-0.2, -0.15) is 0 Å². The van der Waals surface area contributed by atoms with Crippen LogP contribution in [0.3, 0.4) is 0 Å². The van der Waals surface area contributed by atoms with E-state index in [2.05, 4.69) is 27.4 Å². The summed E-state index contributed by atoms with van der Waals surface area (Å²) in [5, 5.41) is 37.6. The number of rotatable bonds is 12. The molecular formula is C30H35N3O9. The molecule has 12 heteroatoms. The summed E-state index contributed by atoms with van der Waals surface area (Å²) in [5.74, 6) is -2.57. The Bertz CT molecular complexity index is 1320. The molecule has 3 aromatic rings. The lowest BCUT2D eigenvalue weighted by molar-refractivity contribution is -0.170. The fourth-order valence-electron chi connectivity index (χ4n) is 4.78. The first kappa shape index (κ1) is 32.0. The maximum absolute atomic E-state index is 10.3. The van der Waals surface area contributed by atoms with E-state index in [-0.39, 0.29) is 5.54 Å². The van der Waals surface area contributed by atoms with Gasteiger partial charge in [0.15, 0.2) is 11.4 Å². The number of carboxylic acid groups (broad SMARTS) is 3. The van der Waals surface area contributed by atoms with Crippen LogP contribution in [0.15, 0.2) is 60.9 Å². The monoisotopic (exact) mass is 581 g/mol. The smallest absolute Gasteiger partial charge is 0.336 e. The molecule has 0 bridgehead atoms. The van der Waals surface area contributed by atoms with Crippen molar-refractivity contribution in [2.75, 3.05) is 14.2 Å². The molecule has 1 aromatic heterocycles. The lowest BCUT2D eigenvalue weighted by Crippen LogP contribution is -2.42. The van der Waals surface area contributed by atoms with Crippen LogP contribution in [0.1, 0.15) is 49.7 Å². The zero-order valence-corrected chi connectivity index (χ0v) is 23.4. The topological polar surface area (TPSA) is 188 Å². The third-order valence-electron chi connectivity index (χ3n) is 7.07. The average Bonchev–Trinajstić information content (AvgIpc) is 3.46. The lowest BCUT2D eigenvalue weighted by atomic mass is 9.88. The highest BCUT2D eigenvalue weighted by molar-refractivity contribution is 5.88. The highest BCUT2D eigenvalue weighted by Crippen LogP contribution is 2.39. The normalized spacial score (nSPS) is 13.9. The molecule has 0 aliphatic heterocycles. The number of benzene rings is 2. The Hall–Kier alpha value is -4.55. The molecule has 5 N–H and O–H groups in total. The minimum absolute atomic E-state index is 0.0148. The maximum Gasteiger partial charge on any atom is 0.336 e. The van der Waals surface area contributed by atoms with E-state index < -0.39 is 36.4 Å².